The number of oxazole rings is 1. The summed E-state index contributed by atoms with van der Waals surface area (Å²) in [7, 11) is 0. The zero-order valence-electron chi connectivity index (χ0n) is 19.8. The Hall–Kier alpha value is -3.45. The van der Waals surface area contributed by atoms with Gasteiger partial charge in [0, 0.05) is 24.4 Å². The molecule has 178 valence electrons. The molecule has 1 saturated heterocycles. The Bertz CT molecular complexity index is 1420. The SMILES string of the molecule is CCc1nc2c(C(=O)NC[C@@H]3[C@H]4C[C@H]4CN3C(=O)c3ccsc3-c3ccc(C)cc3)cccc2o1. The monoisotopic (exact) mass is 485 g/mol. The molecule has 0 spiro atoms. The van der Waals surface area contributed by atoms with Crippen molar-refractivity contribution in [3.05, 3.63) is 76.5 Å². The van der Waals surface area contributed by atoms with Gasteiger partial charge in [0.15, 0.2) is 11.5 Å². The number of likely N-dealkylation sites (tertiary alicyclic amines) is 1. The van der Waals surface area contributed by atoms with Crippen LogP contribution in [-0.2, 0) is 6.42 Å². The van der Waals surface area contributed by atoms with Gasteiger partial charge >= 0.3 is 0 Å². The Balaban J connectivity index is 1.20. The first-order chi connectivity index (χ1) is 17.0. The van der Waals surface area contributed by atoms with Gasteiger partial charge in [0.25, 0.3) is 11.8 Å². The minimum absolute atomic E-state index is 0.00457. The molecular weight excluding hydrogens is 458 g/mol. The lowest BCUT2D eigenvalue weighted by molar-refractivity contribution is 0.0696. The Morgan fingerprint density at radius 2 is 1.97 bits per heavy atom. The smallest absolute Gasteiger partial charge is 0.255 e. The van der Waals surface area contributed by atoms with Crippen molar-refractivity contribution >= 4 is 34.3 Å². The van der Waals surface area contributed by atoms with E-state index in [0.717, 1.165) is 29.0 Å². The van der Waals surface area contributed by atoms with Crippen molar-refractivity contribution in [2.24, 2.45) is 11.8 Å². The van der Waals surface area contributed by atoms with E-state index in [9.17, 15) is 9.59 Å². The Kier molecular flexibility index (Phi) is 5.44. The topological polar surface area (TPSA) is 75.4 Å². The number of rotatable bonds is 6. The fraction of sp³-hybridized carbons (Fsp3) is 0.321. The maximum absolute atomic E-state index is 13.7. The second kappa shape index (κ2) is 8.64. The Morgan fingerprint density at radius 3 is 2.77 bits per heavy atom. The average molecular weight is 486 g/mol. The molecule has 2 aromatic carbocycles. The van der Waals surface area contributed by atoms with E-state index in [2.05, 4.69) is 41.5 Å². The van der Waals surface area contributed by atoms with E-state index in [1.54, 1.807) is 17.4 Å². The Labute approximate surface area is 208 Å². The highest BCUT2D eigenvalue weighted by atomic mass is 32.1. The molecule has 1 aliphatic carbocycles. The van der Waals surface area contributed by atoms with Crippen molar-refractivity contribution in [3.8, 4) is 10.4 Å². The molecule has 3 atom stereocenters. The summed E-state index contributed by atoms with van der Waals surface area (Å²) in [5, 5.41) is 5.07. The number of aryl methyl sites for hydroxylation is 2. The van der Waals surface area contributed by atoms with Crippen LogP contribution in [0, 0.1) is 18.8 Å². The molecule has 2 amide bonds. The summed E-state index contributed by atoms with van der Waals surface area (Å²) in [4.78, 5) is 34.2. The van der Waals surface area contributed by atoms with Gasteiger partial charge in [0.05, 0.1) is 17.2 Å². The molecule has 2 fully saturated rings. The number of nitrogens with zero attached hydrogens (tertiary/aromatic N) is 2. The van der Waals surface area contributed by atoms with Gasteiger partial charge in [-0.05, 0) is 54.3 Å². The van der Waals surface area contributed by atoms with Gasteiger partial charge < -0.3 is 14.6 Å². The molecule has 2 aromatic heterocycles. The van der Waals surface area contributed by atoms with Crippen LogP contribution in [0.5, 0.6) is 0 Å². The van der Waals surface area contributed by atoms with E-state index >= 15 is 0 Å². The van der Waals surface area contributed by atoms with E-state index in [-0.39, 0.29) is 17.9 Å². The largest absolute Gasteiger partial charge is 0.441 e. The lowest BCUT2D eigenvalue weighted by Gasteiger charge is -2.28. The van der Waals surface area contributed by atoms with Crippen molar-refractivity contribution in [3.63, 3.8) is 0 Å². The minimum Gasteiger partial charge on any atom is -0.441 e. The minimum atomic E-state index is -0.182. The van der Waals surface area contributed by atoms with E-state index < -0.39 is 0 Å². The lowest BCUT2D eigenvalue weighted by Crippen LogP contribution is -2.45. The molecule has 1 saturated carbocycles. The van der Waals surface area contributed by atoms with Gasteiger partial charge in [-0.3, -0.25) is 9.59 Å². The summed E-state index contributed by atoms with van der Waals surface area (Å²) in [5.74, 6) is 1.48. The van der Waals surface area contributed by atoms with E-state index in [1.165, 1.54) is 5.56 Å². The van der Waals surface area contributed by atoms with Crippen molar-refractivity contribution in [2.45, 2.75) is 32.7 Å². The first-order valence-corrected chi connectivity index (χ1v) is 13.0. The fourth-order valence-corrected chi connectivity index (χ4v) is 6.14. The standard InChI is InChI=1S/C28H27N3O3S/c1-3-24-30-25-19(5-4-6-23(25)34-24)27(32)29-14-22-21-13-18(21)15-31(22)28(33)20-11-12-35-26(20)17-9-7-16(2)8-10-17/h4-12,18,21-22H,3,13-15H2,1-2H3,(H,29,32)/t18-,21-,22+/m0/s1. The molecular formula is C28H27N3O3S. The van der Waals surface area contributed by atoms with Gasteiger partial charge in [-0.25, -0.2) is 4.98 Å². The first kappa shape index (κ1) is 22.0. The number of carbonyl (C=O) groups is 2. The molecule has 0 unspecified atom stereocenters. The Morgan fingerprint density at radius 1 is 1.14 bits per heavy atom. The molecule has 7 heteroatoms. The number of aromatic nitrogens is 1. The van der Waals surface area contributed by atoms with Gasteiger partial charge in [-0.1, -0.05) is 42.8 Å². The second-order valence-corrected chi connectivity index (χ2v) is 10.5. The molecule has 0 bridgehead atoms. The molecule has 35 heavy (non-hydrogen) atoms. The summed E-state index contributed by atoms with van der Waals surface area (Å²) < 4.78 is 5.71. The second-order valence-electron chi connectivity index (χ2n) is 9.54. The molecule has 2 aliphatic rings. The van der Waals surface area contributed by atoms with Gasteiger partial charge in [0.1, 0.15) is 5.52 Å². The zero-order chi connectivity index (χ0) is 24.1. The number of hydrogen-bond donors (Lipinski definition) is 1. The molecule has 3 heterocycles. The molecule has 0 radical (unpaired) electrons. The highest BCUT2D eigenvalue weighted by Gasteiger charge is 2.54. The number of amides is 2. The third-order valence-corrected chi connectivity index (χ3v) is 8.22. The number of carbonyl (C=O) groups excluding carboxylic acids is 2. The number of benzene rings is 2. The van der Waals surface area contributed by atoms with Crippen LogP contribution in [0.4, 0.5) is 0 Å². The number of piperidine rings is 1. The highest BCUT2D eigenvalue weighted by Crippen LogP contribution is 2.50. The van der Waals surface area contributed by atoms with Crippen LogP contribution >= 0.6 is 11.3 Å². The predicted molar refractivity (Wildman–Crippen MR) is 137 cm³/mol. The van der Waals surface area contributed by atoms with Crippen LogP contribution in [0.2, 0.25) is 0 Å². The van der Waals surface area contributed by atoms with Crippen molar-refractivity contribution in [1.29, 1.82) is 0 Å². The average Bonchev–Trinajstić information content (AvgIpc) is 3.22. The molecule has 1 N–H and O–H groups in total. The van der Waals surface area contributed by atoms with Crippen LogP contribution < -0.4 is 5.32 Å². The van der Waals surface area contributed by atoms with Crippen molar-refractivity contribution < 1.29 is 14.0 Å². The molecule has 6 rings (SSSR count). The van der Waals surface area contributed by atoms with Gasteiger partial charge in [0.2, 0.25) is 0 Å². The third-order valence-electron chi connectivity index (χ3n) is 7.26. The van der Waals surface area contributed by atoms with Crippen molar-refractivity contribution in [1.82, 2.24) is 15.2 Å². The summed E-state index contributed by atoms with van der Waals surface area (Å²) in [6, 6.07) is 15.7. The number of para-hydroxylation sites is 1. The van der Waals surface area contributed by atoms with Crippen LogP contribution in [0.1, 0.15) is 45.5 Å². The van der Waals surface area contributed by atoms with Crippen LogP contribution in [0.3, 0.4) is 0 Å². The molecule has 1 aliphatic heterocycles. The number of hydrogen-bond acceptors (Lipinski definition) is 5. The van der Waals surface area contributed by atoms with E-state index in [0.29, 0.717) is 47.4 Å². The quantitative estimate of drug-likeness (QED) is 0.401. The van der Waals surface area contributed by atoms with Crippen LogP contribution in [-0.4, -0.2) is 40.8 Å². The third kappa shape index (κ3) is 3.93. The van der Waals surface area contributed by atoms with Crippen LogP contribution in [0.15, 0.2) is 58.3 Å². The van der Waals surface area contributed by atoms with Crippen LogP contribution in [0.25, 0.3) is 21.5 Å². The summed E-state index contributed by atoms with van der Waals surface area (Å²) in [6.07, 6.45) is 1.79. The zero-order valence-corrected chi connectivity index (χ0v) is 20.6. The summed E-state index contributed by atoms with van der Waals surface area (Å²) in [5.41, 5.74) is 4.72. The molecule has 6 nitrogen and oxygen atoms in total. The maximum atomic E-state index is 13.7. The number of nitrogens with one attached hydrogen (secondary N) is 1. The lowest BCUT2D eigenvalue weighted by atomic mass is 10.1. The van der Waals surface area contributed by atoms with E-state index in [1.807, 2.05) is 35.4 Å². The normalized spacial score (nSPS) is 20.7. The fourth-order valence-electron chi connectivity index (χ4n) is 5.25. The summed E-state index contributed by atoms with van der Waals surface area (Å²) >= 11 is 1.60. The van der Waals surface area contributed by atoms with E-state index in [4.69, 9.17) is 4.42 Å². The predicted octanol–water partition coefficient (Wildman–Crippen LogP) is 5.32. The van der Waals surface area contributed by atoms with Gasteiger partial charge in [-0.2, -0.15) is 0 Å². The first-order valence-electron chi connectivity index (χ1n) is 12.2. The maximum Gasteiger partial charge on any atom is 0.255 e. The van der Waals surface area contributed by atoms with Crippen molar-refractivity contribution in [2.75, 3.05) is 13.1 Å². The number of thiophene rings is 1. The van der Waals surface area contributed by atoms with Gasteiger partial charge in [-0.15, -0.1) is 11.3 Å². The molecule has 4 aromatic rings. The number of fused-ring (bicyclic) bond motifs is 2. The summed E-state index contributed by atoms with van der Waals surface area (Å²) in [6.45, 7) is 5.22. The highest BCUT2D eigenvalue weighted by molar-refractivity contribution is 7.14.